The predicted molar refractivity (Wildman–Crippen MR) is 106 cm³/mol. The van der Waals surface area contributed by atoms with E-state index in [0.717, 1.165) is 23.9 Å². The van der Waals surface area contributed by atoms with Crippen LogP contribution in [0.1, 0.15) is 31.5 Å². The van der Waals surface area contributed by atoms with Crippen molar-refractivity contribution in [3.63, 3.8) is 0 Å². The highest BCUT2D eigenvalue weighted by atomic mass is 32.2. The Bertz CT molecular complexity index is 951. The average Bonchev–Trinajstić information content (AvgIpc) is 2.71. The Labute approximate surface area is 174 Å². The van der Waals surface area contributed by atoms with Crippen LogP contribution in [-0.2, 0) is 27.4 Å². The molecular weight excluding hydrogens is 419 g/mol. The summed E-state index contributed by atoms with van der Waals surface area (Å²) in [5, 5.41) is 2.67. The van der Waals surface area contributed by atoms with E-state index in [2.05, 4.69) is 15.0 Å². The maximum absolute atomic E-state index is 12.9. The van der Waals surface area contributed by atoms with E-state index in [9.17, 15) is 26.4 Å². The summed E-state index contributed by atoms with van der Waals surface area (Å²) in [4.78, 5) is 16.2. The first-order valence-corrected chi connectivity index (χ1v) is 10.9. The number of pyridine rings is 1. The van der Waals surface area contributed by atoms with Gasteiger partial charge in [-0.05, 0) is 36.2 Å². The molecule has 0 unspecified atom stereocenters. The summed E-state index contributed by atoms with van der Waals surface area (Å²) in [6.45, 7) is 3.73. The summed E-state index contributed by atoms with van der Waals surface area (Å²) in [5.74, 6) is -0.920. The third-order valence-corrected chi connectivity index (χ3v) is 6.09. The molecule has 0 bridgehead atoms. The van der Waals surface area contributed by atoms with Gasteiger partial charge in [-0.1, -0.05) is 32.4 Å². The van der Waals surface area contributed by atoms with Crippen LogP contribution in [0.15, 0.2) is 53.6 Å². The molecule has 0 spiro atoms. The molecule has 0 aliphatic carbocycles. The molecule has 0 aliphatic rings. The van der Waals surface area contributed by atoms with Crippen molar-refractivity contribution in [1.29, 1.82) is 0 Å². The van der Waals surface area contributed by atoms with Crippen LogP contribution in [0, 0.1) is 5.92 Å². The number of nitrogens with one attached hydrogen (secondary N) is 2. The smallest absolute Gasteiger partial charge is 0.354 e. The van der Waals surface area contributed by atoms with Gasteiger partial charge >= 0.3 is 6.18 Å². The van der Waals surface area contributed by atoms with Crippen LogP contribution in [0.3, 0.4) is 0 Å². The molecule has 164 valence electrons. The van der Waals surface area contributed by atoms with Crippen molar-refractivity contribution in [2.45, 2.75) is 43.8 Å². The van der Waals surface area contributed by atoms with Crippen molar-refractivity contribution in [2.24, 2.45) is 5.92 Å². The lowest BCUT2D eigenvalue weighted by Crippen LogP contribution is -2.50. The topological polar surface area (TPSA) is 88.2 Å². The Morgan fingerprint density at radius 3 is 2.50 bits per heavy atom. The van der Waals surface area contributed by atoms with Gasteiger partial charge in [0.05, 0.1) is 10.5 Å². The van der Waals surface area contributed by atoms with E-state index in [-0.39, 0.29) is 12.5 Å². The van der Waals surface area contributed by atoms with Crippen LogP contribution in [0.4, 0.5) is 13.2 Å². The van der Waals surface area contributed by atoms with Gasteiger partial charge in [-0.25, -0.2) is 8.42 Å². The lowest BCUT2D eigenvalue weighted by atomic mass is 9.99. The molecule has 6 nitrogen and oxygen atoms in total. The monoisotopic (exact) mass is 443 g/mol. The Hall–Kier alpha value is -2.46. The van der Waals surface area contributed by atoms with Gasteiger partial charge in [-0.2, -0.15) is 17.9 Å². The Morgan fingerprint density at radius 2 is 1.90 bits per heavy atom. The molecule has 30 heavy (non-hydrogen) atoms. The number of carbonyl (C=O) groups excluding carboxylic acids is 1. The van der Waals surface area contributed by atoms with Gasteiger partial charge in [0.25, 0.3) is 0 Å². The first-order chi connectivity index (χ1) is 14.0. The quantitative estimate of drug-likeness (QED) is 0.623. The molecule has 0 aliphatic heterocycles. The minimum atomic E-state index is -4.68. The largest absolute Gasteiger partial charge is 0.416 e. The number of carbonyl (C=O) groups is 1. The van der Waals surface area contributed by atoms with E-state index in [0.29, 0.717) is 18.9 Å². The molecule has 2 atom stereocenters. The second kappa shape index (κ2) is 10.0. The Kier molecular flexibility index (Phi) is 7.96. The maximum atomic E-state index is 12.9. The highest BCUT2D eigenvalue weighted by Gasteiger charge is 2.33. The molecule has 0 radical (unpaired) electrons. The van der Waals surface area contributed by atoms with Gasteiger partial charge < -0.3 is 5.32 Å². The maximum Gasteiger partial charge on any atom is 0.416 e. The Morgan fingerprint density at radius 1 is 1.17 bits per heavy atom. The summed E-state index contributed by atoms with van der Waals surface area (Å²) in [6, 6.07) is 7.67. The number of rotatable bonds is 9. The molecular formula is C20H24F3N3O3S. The fourth-order valence-corrected chi connectivity index (χ4v) is 4.06. The second-order valence-electron chi connectivity index (χ2n) is 6.87. The van der Waals surface area contributed by atoms with Gasteiger partial charge in [0.15, 0.2) is 0 Å². The lowest BCUT2D eigenvalue weighted by molar-refractivity contribution is -0.137. The molecule has 0 saturated heterocycles. The van der Waals surface area contributed by atoms with Crippen LogP contribution < -0.4 is 10.0 Å². The second-order valence-corrected chi connectivity index (χ2v) is 8.59. The Balaban J connectivity index is 2.14. The molecule has 1 aromatic heterocycles. The number of hydrogen-bond acceptors (Lipinski definition) is 4. The molecule has 10 heteroatoms. The number of halogens is 3. The molecule has 1 aromatic carbocycles. The highest BCUT2D eigenvalue weighted by Crippen LogP contribution is 2.30. The van der Waals surface area contributed by atoms with Crippen LogP contribution in [0.2, 0.25) is 0 Å². The van der Waals surface area contributed by atoms with Crippen LogP contribution >= 0.6 is 0 Å². The fourth-order valence-electron chi connectivity index (χ4n) is 2.71. The van der Waals surface area contributed by atoms with Gasteiger partial charge in [-0.15, -0.1) is 0 Å². The van der Waals surface area contributed by atoms with Gasteiger partial charge in [-0.3, -0.25) is 9.78 Å². The SMILES string of the molecule is CC[C@@H](C)[C@@H](NS(=O)(=O)c1cccc(C(F)(F)F)c1)C(=O)NCCc1ccccn1. The summed E-state index contributed by atoms with van der Waals surface area (Å²) < 4.78 is 66.4. The number of benzene rings is 1. The minimum Gasteiger partial charge on any atom is -0.354 e. The van der Waals surface area contributed by atoms with E-state index >= 15 is 0 Å². The summed E-state index contributed by atoms with van der Waals surface area (Å²) in [6.07, 6.45) is -2.10. The van der Waals surface area contributed by atoms with Crippen molar-refractivity contribution < 1.29 is 26.4 Å². The number of alkyl halides is 3. The molecule has 0 saturated carbocycles. The van der Waals surface area contributed by atoms with E-state index in [1.165, 1.54) is 0 Å². The average molecular weight is 443 g/mol. The van der Waals surface area contributed by atoms with Crippen LogP contribution in [0.25, 0.3) is 0 Å². The zero-order chi connectivity index (χ0) is 22.4. The van der Waals surface area contributed by atoms with E-state index in [4.69, 9.17) is 0 Å². The third-order valence-electron chi connectivity index (χ3n) is 4.66. The molecule has 2 rings (SSSR count). The van der Waals surface area contributed by atoms with Gasteiger partial charge in [0.2, 0.25) is 15.9 Å². The number of amides is 1. The molecule has 1 amide bonds. The minimum absolute atomic E-state index is 0.244. The zero-order valence-electron chi connectivity index (χ0n) is 16.6. The fraction of sp³-hybridized carbons (Fsp3) is 0.400. The lowest BCUT2D eigenvalue weighted by Gasteiger charge is -2.23. The van der Waals surface area contributed by atoms with Crippen molar-refractivity contribution in [3.05, 3.63) is 59.9 Å². The number of nitrogens with zero attached hydrogens (tertiary/aromatic N) is 1. The molecule has 1 heterocycles. The summed E-state index contributed by atoms with van der Waals surface area (Å²) in [7, 11) is -4.34. The zero-order valence-corrected chi connectivity index (χ0v) is 17.4. The van der Waals surface area contributed by atoms with Crippen LogP contribution in [0.5, 0.6) is 0 Å². The number of aromatic nitrogens is 1. The number of sulfonamides is 1. The predicted octanol–water partition coefficient (Wildman–Crippen LogP) is 3.15. The molecule has 2 aromatic rings. The summed E-state index contributed by atoms with van der Waals surface area (Å²) in [5.41, 5.74) is -0.312. The van der Waals surface area contributed by atoms with Gasteiger partial charge in [0, 0.05) is 24.9 Å². The molecule has 0 fully saturated rings. The first-order valence-electron chi connectivity index (χ1n) is 9.41. The normalized spacial score (nSPS) is 14.2. The van der Waals surface area contributed by atoms with Gasteiger partial charge in [0.1, 0.15) is 6.04 Å². The van der Waals surface area contributed by atoms with Crippen molar-refractivity contribution in [1.82, 2.24) is 15.0 Å². The van der Waals surface area contributed by atoms with Crippen LogP contribution in [-0.4, -0.2) is 31.9 Å². The highest BCUT2D eigenvalue weighted by molar-refractivity contribution is 7.89. The van der Waals surface area contributed by atoms with E-state index in [1.54, 1.807) is 32.2 Å². The van der Waals surface area contributed by atoms with E-state index < -0.39 is 38.6 Å². The standard InChI is InChI=1S/C20H24F3N3O3S/c1-3-14(2)18(19(27)25-12-10-16-8-4-5-11-24-16)26-30(28,29)17-9-6-7-15(13-17)20(21,22)23/h4-9,11,13-14,18,26H,3,10,12H2,1-2H3,(H,25,27)/t14-,18-/m1/s1. The summed E-state index contributed by atoms with van der Waals surface area (Å²) >= 11 is 0. The third kappa shape index (κ3) is 6.53. The van der Waals surface area contributed by atoms with Crippen molar-refractivity contribution >= 4 is 15.9 Å². The molecule has 2 N–H and O–H groups in total. The van der Waals surface area contributed by atoms with Crippen molar-refractivity contribution in [2.75, 3.05) is 6.54 Å². The van der Waals surface area contributed by atoms with E-state index in [1.807, 2.05) is 6.07 Å². The number of hydrogen-bond donors (Lipinski definition) is 2. The first kappa shape index (κ1) is 23.8. The van der Waals surface area contributed by atoms with Crippen molar-refractivity contribution in [3.8, 4) is 0 Å².